The fourth-order valence-corrected chi connectivity index (χ4v) is 5.07. The molecule has 0 saturated carbocycles. The van der Waals surface area contributed by atoms with E-state index in [1.54, 1.807) is 20.0 Å². The minimum absolute atomic E-state index is 0.123. The van der Waals surface area contributed by atoms with Gasteiger partial charge in [0.05, 0.1) is 18.9 Å². The molecule has 0 saturated heterocycles. The Hall–Kier alpha value is -5.33. The molecule has 6 rings (SSSR count). The van der Waals surface area contributed by atoms with Crippen LogP contribution in [0.15, 0.2) is 48.3 Å². The number of hydrogen-bond acceptors (Lipinski definition) is 11. The number of carbonyl (C=O) groups is 3. The summed E-state index contributed by atoms with van der Waals surface area (Å²) < 4.78 is 10.0. The largest absolute Gasteiger partial charge is 0.461 e. The van der Waals surface area contributed by atoms with Crippen molar-refractivity contribution in [3.63, 3.8) is 0 Å². The molecule has 0 fully saturated rings. The molecule has 3 N–H and O–H groups in total. The summed E-state index contributed by atoms with van der Waals surface area (Å²) in [6.45, 7) is 12.2. The zero-order chi connectivity index (χ0) is 35.2. The van der Waals surface area contributed by atoms with Crippen molar-refractivity contribution in [1.82, 2.24) is 35.3 Å². The van der Waals surface area contributed by atoms with Crippen molar-refractivity contribution in [1.29, 1.82) is 0 Å². The highest BCUT2D eigenvalue weighted by molar-refractivity contribution is 6.10. The highest BCUT2D eigenvalue weighted by atomic mass is 16.5. The lowest BCUT2D eigenvalue weighted by atomic mass is 9.91. The summed E-state index contributed by atoms with van der Waals surface area (Å²) in [7, 11) is 3.73. The minimum Gasteiger partial charge on any atom is -0.461 e. The monoisotopic (exact) mass is 658 g/mol. The van der Waals surface area contributed by atoms with Crippen LogP contribution < -0.4 is 5.32 Å². The first-order chi connectivity index (χ1) is 23.3. The van der Waals surface area contributed by atoms with E-state index in [1.807, 2.05) is 83.2 Å². The van der Waals surface area contributed by atoms with Crippen molar-refractivity contribution < 1.29 is 23.9 Å². The molecule has 1 aromatic carbocycles. The Morgan fingerprint density at radius 2 is 1.40 bits per heavy atom. The average Bonchev–Trinajstić information content (AvgIpc) is 3.75. The van der Waals surface area contributed by atoms with E-state index in [2.05, 4.69) is 35.7 Å². The number of nitrogens with zero attached hydrogens (tertiary/aromatic N) is 5. The van der Waals surface area contributed by atoms with Crippen molar-refractivity contribution in [3.05, 3.63) is 82.1 Å². The van der Waals surface area contributed by atoms with Gasteiger partial charge in [0, 0.05) is 48.9 Å². The third-order valence-electron chi connectivity index (χ3n) is 7.02. The number of Topliss-reactive ketones (excluding diaryl/α,β-unsaturated/α-hetero) is 1. The number of aromatic amines is 2. The molecule has 0 atom stereocenters. The van der Waals surface area contributed by atoms with Crippen LogP contribution in [0.2, 0.25) is 0 Å². The zero-order valence-corrected chi connectivity index (χ0v) is 29.1. The fraction of sp³-hybridized carbons (Fsp3) is 0.400. The molecule has 0 amide bonds. The minimum atomic E-state index is -0.455. The summed E-state index contributed by atoms with van der Waals surface area (Å²) in [5.41, 5.74) is 6.66. The van der Waals surface area contributed by atoms with Crippen molar-refractivity contribution in [2.24, 2.45) is 0 Å². The van der Waals surface area contributed by atoms with Gasteiger partial charge in [0.15, 0.2) is 0 Å². The van der Waals surface area contributed by atoms with Gasteiger partial charge in [-0.15, -0.1) is 0 Å². The van der Waals surface area contributed by atoms with E-state index in [4.69, 9.17) is 9.47 Å². The van der Waals surface area contributed by atoms with Crippen molar-refractivity contribution in [3.8, 4) is 11.4 Å². The lowest BCUT2D eigenvalue weighted by molar-refractivity contribution is 0.0508. The number of ether oxygens (including phenoxy) is 2. The maximum absolute atomic E-state index is 12.2. The van der Waals surface area contributed by atoms with E-state index < -0.39 is 5.97 Å². The van der Waals surface area contributed by atoms with Crippen molar-refractivity contribution >= 4 is 29.4 Å². The van der Waals surface area contributed by atoms with Crippen LogP contribution in [0, 0.1) is 0 Å². The number of para-hydroxylation sites is 1. The zero-order valence-electron chi connectivity index (χ0n) is 29.1. The van der Waals surface area contributed by atoms with Gasteiger partial charge in [0.25, 0.3) is 0 Å². The van der Waals surface area contributed by atoms with Gasteiger partial charge >= 0.3 is 11.9 Å². The molecule has 4 aromatic rings. The number of rotatable bonds is 7. The molecular formula is C35H46N8O5. The average molecular weight is 659 g/mol. The number of benzene rings is 1. The normalized spacial score (nSPS) is 13.1. The third kappa shape index (κ3) is 8.72. The van der Waals surface area contributed by atoms with Crippen LogP contribution in [-0.2, 0) is 28.7 Å². The van der Waals surface area contributed by atoms with Crippen LogP contribution in [0.1, 0.15) is 96.1 Å². The maximum Gasteiger partial charge on any atom is 0.356 e. The molecule has 256 valence electrons. The van der Waals surface area contributed by atoms with E-state index in [9.17, 15) is 14.4 Å². The highest BCUT2D eigenvalue weighted by Gasteiger charge is 2.30. The molecule has 3 heterocycles. The number of anilines is 2. The quantitative estimate of drug-likeness (QED) is 0.155. The maximum atomic E-state index is 12.2. The lowest BCUT2D eigenvalue weighted by Crippen LogP contribution is -2.18. The number of ketones is 1. The molecule has 0 aliphatic heterocycles. The summed E-state index contributed by atoms with van der Waals surface area (Å²) in [5, 5.41) is 16.9. The first-order valence-electron chi connectivity index (χ1n) is 16.4. The van der Waals surface area contributed by atoms with Gasteiger partial charge in [0.1, 0.15) is 22.8 Å². The number of aryl methyl sites for hydroxylation is 1. The summed E-state index contributed by atoms with van der Waals surface area (Å²) in [5.74, 6) is -0.458. The standard InChI is InChI=1S/C18H17N5O2.C13H17N3O3.2C2H6/c1-2-25-17(24)16-13-9-8-11-10-19-18(20-12-6-4-3-5-7-12)21-14(11)15(13)22-23-16;1-4-19-13(18)11-9-6-5-8(7-16(2)3)12(17)10(9)14-15-11;2*1-2/h3-7,10H,2,8-9H2,1H3,(H,22,23)(H,19,20,21);7H,4-6H2,1-3H3,(H,14,15);2*1-2H3/b;8-7-;;. The van der Waals surface area contributed by atoms with E-state index in [0.717, 1.165) is 28.9 Å². The molecule has 0 bridgehead atoms. The molecule has 48 heavy (non-hydrogen) atoms. The summed E-state index contributed by atoms with van der Waals surface area (Å²) >= 11 is 0. The second-order valence-electron chi connectivity index (χ2n) is 10.3. The van der Waals surface area contributed by atoms with Gasteiger partial charge in [-0.3, -0.25) is 15.0 Å². The van der Waals surface area contributed by atoms with Crippen LogP contribution in [0.25, 0.3) is 11.4 Å². The molecule has 2 aliphatic carbocycles. The summed E-state index contributed by atoms with van der Waals surface area (Å²) in [4.78, 5) is 46.8. The van der Waals surface area contributed by atoms with Crippen LogP contribution in [-0.4, -0.2) is 80.3 Å². The smallest absolute Gasteiger partial charge is 0.356 e. The van der Waals surface area contributed by atoms with Gasteiger partial charge in [-0.05, 0) is 57.2 Å². The Balaban J connectivity index is 0.000000244. The molecule has 0 radical (unpaired) electrons. The molecule has 3 aromatic heterocycles. The van der Waals surface area contributed by atoms with Crippen LogP contribution in [0.3, 0.4) is 0 Å². The molecule has 13 nitrogen and oxygen atoms in total. The van der Waals surface area contributed by atoms with Gasteiger partial charge in [-0.2, -0.15) is 10.2 Å². The second kappa shape index (κ2) is 18.1. The summed E-state index contributed by atoms with van der Waals surface area (Å²) in [6, 6.07) is 9.73. The Morgan fingerprint density at radius 3 is 1.98 bits per heavy atom. The number of H-pyrrole nitrogens is 2. The van der Waals surface area contributed by atoms with Gasteiger partial charge in [0.2, 0.25) is 11.7 Å². The Labute approximate surface area is 281 Å². The topological polar surface area (TPSA) is 168 Å². The Morgan fingerprint density at radius 1 is 0.833 bits per heavy atom. The molecule has 13 heteroatoms. The van der Waals surface area contributed by atoms with Crippen molar-refractivity contribution in [2.45, 2.75) is 67.2 Å². The summed E-state index contributed by atoms with van der Waals surface area (Å²) in [6.07, 6.45) is 6.31. The number of fused-ring (bicyclic) bond motifs is 4. The number of carbonyl (C=O) groups excluding carboxylic acids is 3. The lowest BCUT2D eigenvalue weighted by Gasteiger charge is -2.15. The molecule has 0 spiro atoms. The SMILES string of the molecule is CC.CC.CCOC(=O)c1[nH]nc2c1CC/C(=C/N(C)C)C2=O.CCOC(=O)c1[nH]nc2c1CCc1cnc(Nc3ccccc3)nc1-2. The van der Waals surface area contributed by atoms with Crippen LogP contribution >= 0.6 is 0 Å². The van der Waals surface area contributed by atoms with Gasteiger partial charge < -0.3 is 19.7 Å². The van der Waals surface area contributed by atoms with Crippen molar-refractivity contribution in [2.75, 3.05) is 32.6 Å². The number of esters is 2. The van der Waals surface area contributed by atoms with Crippen LogP contribution in [0.4, 0.5) is 11.6 Å². The fourth-order valence-electron chi connectivity index (χ4n) is 5.07. The van der Waals surface area contributed by atoms with Gasteiger partial charge in [-0.1, -0.05) is 45.9 Å². The second-order valence-corrected chi connectivity index (χ2v) is 10.3. The molecule has 0 unspecified atom stereocenters. The predicted molar refractivity (Wildman–Crippen MR) is 184 cm³/mol. The number of aromatic nitrogens is 6. The first-order valence-corrected chi connectivity index (χ1v) is 16.4. The van der Waals surface area contributed by atoms with E-state index in [0.29, 0.717) is 72.3 Å². The first kappa shape index (κ1) is 37.1. The molecular weight excluding hydrogens is 612 g/mol. The predicted octanol–water partition coefficient (Wildman–Crippen LogP) is 6.10. The van der Waals surface area contributed by atoms with E-state index in [-0.39, 0.29) is 11.8 Å². The third-order valence-corrected chi connectivity index (χ3v) is 7.02. The Bertz CT molecular complexity index is 1710. The number of hydrogen-bond donors (Lipinski definition) is 3. The molecule has 2 aliphatic rings. The van der Waals surface area contributed by atoms with E-state index in [1.165, 1.54) is 0 Å². The van der Waals surface area contributed by atoms with Gasteiger partial charge in [-0.25, -0.2) is 19.6 Å². The van der Waals surface area contributed by atoms with Crippen LogP contribution in [0.5, 0.6) is 0 Å². The Kier molecular flexibility index (Phi) is 14.0. The number of allylic oxidation sites excluding steroid dienone is 1. The highest BCUT2D eigenvalue weighted by Crippen LogP contribution is 2.33. The van der Waals surface area contributed by atoms with E-state index >= 15 is 0 Å². The number of nitrogens with one attached hydrogen (secondary N) is 3.